The molecule has 1 fully saturated rings. The predicted octanol–water partition coefficient (Wildman–Crippen LogP) is 3.45. The molecule has 0 saturated carbocycles. The summed E-state index contributed by atoms with van der Waals surface area (Å²) in [5.74, 6) is 0.410. The molecule has 1 heterocycles. The second-order valence-electron chi connectivity index (χ2n) is 4.08. The van der Waals surface area contributed by atoms with Gasteiger partial charge >= 0.3 is 0 Å². The van der Waals surface area contributed by atoms with Gasteiger partial charge in [-0.05, 0) is 31.4 Å². The van der Waals surface area contributed by atoms with Crippen LogP contribution < -0.4 is 0 Å². The Hall–Kier alpha value is -0.600. The fraction of sp³-hybridized carbons (Fsp3) is 0.500. The second-order valence-corrected chi connectivity index (χ2v) is 4.46. The van der Waals surface area contributed by atoms with Crippen molar-refractivity contribution in [1.82, 2.24) is 0 Å². The number of benzene rings is 1. The van der Waals surface area contributed by atoms with Crippen LogP contribution in [0.15, 0.2) is 18.2 Å². The lowest BCUT2D eigenvalue weighted by Crippen LogP contribution is -2.13. The van der Waals surface area contributed by atoms with Gasteiger partial charge in [0.1, 0.15) is 0 Å². The molecule has 0 radical (unpaired) electrons. The number of hydrogen-bond donors (Lipinski definition) is 0. The summed E-state index contributed by atoms with van der Waals surface area (Å²) >= 11 is 5.68. The molecular weight excluding hydrogens is 215 g/mol. The summed E-state index contributed by atoms with van der Waals surface area (Å²) in [5.41, 5.74) is 2.41. The Kier molecular flexibility index (Phi) is 2.73. The van der Waals surface area contributed by atoms with Gasteiger partial charge < -0.3 is 4.74 Å². The molecule has 1 aromatic carbocycles. The number of ether oxygens (including phenoxy) is 1. The quantitative estimate of drug-likeness (QED) is 0.570. The second kappa shape index (κ2) is 3.76. The molecule has 1 nitrogen and oxygen atoms in total. The molecule has 82 valence electrons. The zero-order valence-electron chi connectivity index (χ0n) is 8.89. The number of alkyl halides is 2. The number of halogens is 2. The minimum absolute atomic E-state index is 0.410. The zero-order chi connectivity index (χ0) is 11.1. The summed E-state index contributed by atoms with van der Waals surface area (Å²) in [6, 6.07) is 5.96. The average Bonchev–Trinajstić information content (AvgIpc) is 2.77. The standard InChI is InChI=1S/C12H14ClFO/c1-8-3-4-10(9(2)7-8)12(5-6-13)11(14)15-12/h3-4,7,11H,5-6H2,1-2H3. The molecule has 2 atom stereocenters. The van der Waals surface area contributed by atoms with E-state index < -0.39 is 12.0 Å². The number of epoxide rings is 1. The van der Waals surface area contributed by atoms with E-state index in [2.05, 4.69) is 0 Å². The number of rotatable bonds is 3. The van der Waals surface area contributed by atoms with Crippen molar-refractivity contribution in [2.75, 3.05) is 5.88 Å². The third-order valence-electron chi connectivity index (χ3n) is 2.93. The SMILES string of the molecule is Cc1ccc(C2(CCCl)OC2F)c(C)c1. The largest absolute Gasteiger partial charge is 0.328 e. The van der Waals surface area contributed by atoms with Gasteiger partial charge in [0.2, 0.25) is 6.36 Å². The summed E-state index contributed by atoms with van der Waals surface area (Å²) in [6.07, 6.45) is -0.669. The van der Waals surface area contributed by atoms with Gasteiger partial charge in [0, 0.05) is 5.88 Å². The Morgan fingerprint density at radius 2 is 2.13 bits per heavy atom. The van der Waals surface area contributed by atoms with Crippen molar-refractivity contribution in [3.05, 3.63) is 34.9 Å². The first-order valence-electron chi connectivity index (χ1n) is 5.06. The number of aryl methyl sites for hydroxylation is 2. The van der Waals surface area contributed by atoms with E-state index in [0.29, 0.717) is 12.3 Å². The van der Waals surface area contributed by atoms with Gasteiger partial charge in [-0.25, -0.2) is 4.39 Å². The van der Waals surface area contributed by atoms with Gasteiger partial charge in [0.25, 0.3) is 0 Å². The summed E-state index contributed by atoms with van der Waals surface area (Å²) in [7, 11) is 0. The van der Waals surface area contributed by atoms with Crippen molar-refractivity contribution in [3.8, 4) is 0 Å². The lowest BCUT2D eigenvalue weighted by atomic mass is 9.91. The van der Waals surface area contributed by atoms with Crippen molar-refractivity contribution in [2.45, 2.75) is 32.2 Å². The monoisotopic (exact) mass is 228 g/mol. The van der Waals surface area contributed by atoms with Crippen LogP contribution in [-0.2, 0) is 10.3 Å². The fourth-order valence-electron chi connectivity index (χ4n) is 2.07. The van der Waals surface area contributed by atoms with Crippen molar-refractivity contribution in [1.29, 1.82) is 0 Å². The molecule has 0 amide bonds. The van der Waals surface area contributed by atoms with Crippen molar-refractivity contribution in [3.63, 3.8) is 0 Å². The van der Waals surface area contributed by atoms with Crippen LogP contribution in [-0.4, -0.2) is 12.2 Å². The highest BCUT2D eigenvalue weighted by molar-refractivity contribution is 6.17. The van der Waals surface area contributed by atoms with Gasteiger partial charge in [-0.15, -0.1) is 11.6 Å². The minimum Gasteiger partial charge on any atom is -0.328 e. The lowest BCUT2D eigenvalue weighted by molar-refractivity contribution is 0.243. The van der Waals surface area contributed by atoms with Gasteiger partial charge in [-0.2, -0.15) is 0 Å². The first-order chi connectivity index (χ1) is 7.10. The maximum atomic E-state index is 13.3. The van der Waals surface area contributed by atoms with E-state index >= 15 is 0 Å². The first kappa shape index (κ1) is 10.9. The molecule has 1 saturated heterocycles. The molecule has 0 bridgehead atoms. The highest BCUT2D eigenvalue weighted by Gasteiger charge is 2.58. The molecule has 2 unspecified atom stereocenters. The molecule has 1 aromatic rings. The van der Waals surface area contributed by atoms with E-state index in [0.717, 1.165) is 11.1 Å². The van der Waals surface area contributed by atoms with E-state index in [9.17, 15) is 4.39 Å². The van der Waals surface area contributed by atoms with Crippen LogP contribution in [0.25, 0.3) is 0 Å². The van der Waals surface area contributed by atoms with Gasteiger partial charge in [-0.3, -0.25) is 0 Å². The van der Waals surface area contributed by atoms with E-state index in [-0.39, 0.29) is 0 Å². The lowest BCUT2D eigenvalue weighted by Gasteiger charge is -2.13. The molecule has 1 aliphatic rings. The summed E-state index contributed by atoms with van der Waals surface area (Å²) in [4.78, 5) is 0. The minimum atomic E-state index is -1.20. The highest BCUT2D eigenvalue weighted by Crippen LogP contribution is 2.51. The van der Waals surface area contributed by atoms with Crippen LogP contribution in [0.4, 0.5) is 4.39 Å². The van der Waals surface area contributed by atoms with Crippen molar-refractivity contribution < 1.29 is 9.13 Å². The van der Waals surface area contributed by atoms with Gasteiger partial charge in [0.05, 0.1) is 0 Å². The van der Waals surface area contributed by atoms with Gasteiger partial charge in [0.15, 0.2) is 5.60 Å². The Balaban J connectivity index is 2.36. The summed E-state index contributed by atoms with van der Waals surface area (Å²) in [6.45, 7) is 4.00. The Morgan fingerprint density at radius 3 is 2.60 bits per heavy atom. The maximum absolute atomic E-state index is 13.3. The van der Waals surface area contributed by atoms with Crippen molar-refractivity contribution in [2.24, 2.45) is 0 Å². The van der Waals surface area contributed by atoms with E-state index in [1.165, 1.54) is 5.56 Å². The Bertz CT molecular complexity index is 380. The topological polar surface area (TPSA) is 12.5 Å². The van der Waals surface area contributed by atoms with E-state index in [1.807, 2.05) is 32.0 Å². The van der Waals surface area contributed by atoms with Crippen LogP contribution in [0.3, 0.4) is 0 Å². The normalized spacial score (nSPS) is 29.2. The predicted molar refractivity (Wildman–Crippen MR) is 58.9 cm³/mol. The van der Waals surface area contributed by atoms with E-state index in [4.69, 9.17) is 16.3 Å². The maximum Gasteiger partial charge on any atom is 0.233 e. The van der Waals surface area contributed by atoms with Gasteiger partial charge in [-0.1, -0.05) is 23.8 Å². The summed E-state index contributed by atoms with van der Waals surface area (Å²) < 4.78 is 18.4. The average molecular weight is 229 g/mol. The van der Waals surface area contributed by atoms with Crippen molar-refractivity contribution >= 4 is 11.6 Å². The smallest absolute Gasteiger partial charge is 0.233 e. The van der Waals surface area contributed by atoms with Crippen LogP contribution >= 0.6 is 11.6 Å². The van der Waals surface area contributed by atoms with Crippen LogP contribution in [0.5, 0.6) is 0 Å². The molecule has 0 aromatic heterocycles. The fourth-order valence-corrected chi connectivity index (χ4v) is 2.35. The van der Waals surface area contributed by atoms with E-state index in [1.54, 1.807) is 0 Å². The molecule has 15 heavy (non-hydrogen) atoms. The molecule has 1 aliphatic heterocycles. The molecule has 2 rings (SSSR count). The third kappa shape index (κ3) is 1.77. The zero-order valence-corrected chi connectivity index (χ0v) is 9.64. The Morgan fingerprint density at radius 1 is 1.47 bits per heavy atom. The molecule has 0 N–H and O–H groups in total. The molecular formula is C12H14ClFO. The third-order valence-corrected chi connectivity index (χ3v) is 3.12. The summed E-state index contributed by atoms with van der Waals surface area (Å²) in [5, 5.41) is 0. The molecule has 0 spiro atoms. The molecule has 3 heteroatoms. The van der Waals surface area contributed by atoms with Crippen LogP contribution in [0.2, 0.25) is 0 Å². The Labute approximate surface area is 94.2 Å². The van der Waals surface area contributed by atoms with Crippen LogP contribution in [0.1, 0.15) is 23.1 Å². The number of hydrogen-bond acceptors (Lipinski definition) is 1. The van der Waals surface area contributed by atoms with Crippen LogP contribution in [0, 0.1) is 13.8 Å². The molecule has 0 aliphatic carbocycles. The highest BCUT2D eigenvalue weighted by atomic mass is 35.5. The first-order valence-corrected chi connectivity index (χ1v) is 5.59.